The number of halogens is 1. The van der Waals surface area contributed by atoms with Crippen LogP contribution in [-0.4, -0.2) is 16.8 Å². The maximum atomic E-state index is 12.9. The number of thiocarbonyl (C=S) groups is 1. The minimum Gasteiger partial charge on any atom is -0.494 e. The molecule has 7 heteroatoms. The number of amides is 1. The summed E-state index contributed by atoms with van der Waals surface area (Å²) in [6.45, 7) is 2.51. The Morgan fingerprint density at radius 1 is 1.17 bits per heavy atom. The Bertz CT molecular complexity index is 1110. The first kappa shape index (κ1) is 19.8. The van der Waals surface area contributed by atoms with Gasteiger partial charge < -0.3 is 9.15 Å². The van der Waals surface area contributed by atoms with Crippen LogP contribution < -0.4 is 9.64 Å². The van der Waals surface area contributed by atoms with Crippen molar-refractivity contribution in [3.8, 4) is 17.1 Å². The zero-order valence-corrected chi connectivity index (χ0v) is 17.8. The molecule has 0 unspecified atom stereocenters. The summed E-state index contributed by atoms with van der Waals surface area (Å²) in [4.78, 5) is 14.9. The van der Waals surface area contributed by atoms with Crippen molar-refractivity contribution in [2.24, 2.45) is 0 Å². The summed E-state index contributed by atoms with van der Waals surface area (Å²) in [5.41, 5.74) is 1.58. The number of ether oxygens (including phenoxy) is 1. The van der Waals surface area contributed by atoms with Gasteiger partial charge in [-0.3, -0.25) is 9.69 Å². The van der Waals surface area contributed by atoms with Crippen molar-refractivity contribution < 1.29 is 13.9 Å². The summed E-state index contributed by atoms with van der Waals surface area (Å²) >= 11 is 12.7. The summed E-state index contributed by atoms with van der Waals surface area (Å²) in [6.07, 6.45) is 1.71. The maximum Gasteiger partial charge on any atom is 0.270 e. The van der Waals surface area contributed by atoms with Crippen LogP contribution in [0.25, 0.3) is 17.4 Å². The van der Waals surface area contributed by atoms with Gasteiger partial charge in [0.2, 0.25) is 0 Å². The van der Waals surface area contributed by atoms with Gasteiger partial charge in [-0.25, -0.2) is 0 Å². The highest BCUT2D eigenvalue weighted by atomic mass is 35.5. The number of benzene rings is 2. The lowest BCUT2D eigenvalue weighted by molar-refractivity contribution is -0.113. The molecule has 3 aromatic rings. The monoisotopic (exact) mass is 441 g/mol. The number of rotatable bonds is 5. The third-order valence-electron chi connectivity index (χ3n) is 4.21. The molecular weight excluding hydrogens is 426 g/mol. The summed E-state index contributed by atoms with van der Waals surface area (Å²) < 4.78 is 11.8. The van der Waals surface area contributed by atoms with Gasteiger partial charge in [0.1, 0.15) is 17.3 Å². The molecule has 0 N–H and O–H groups in total. The second-order valence-corrected chi connectivity index (χ2v) is 8.27. The largest absolute Gasteiger partial charge is 0.494 e. The highest BCUT2D eigenvalue weighted by Crippen LogP contribution is 2.37. The van der Waals surface area contributed by atoms with Crippen molar-refractivity contribution in [3.63, 3.8) is 0 Å². The predicted molar refractivity (Wildman–Crippen MR) is 122 cm³/mol. The number of hydrogen-bond acceptors (Lipinski definition) is 5. The third kappa shape index (κ3) is 4.24. The van der Waals surface area contributed by atoms with Crippen LogP contribution in [0.2, 0.25) is 5.02 Å². The molecule has 4 nitrogen and oxygen atoms in total. The van der Waals surface area contributed by atoms with Crippen molar-refractivity contribution in [1.82, 2.24) is 0 Å². The first-order valence-corrected chi connectivity index (χ1v) is 10.5. The maximum absolute atomic E-state index is 12.9. The average molecular weight is 442 g/mol. The summed E-state index contributed by atoms with van der Waals surface area (Å²) in [7, 11) is 0. The SMILES string of the molecule is CCOc1ccc(N2C(=O)/C(=C\c3ccc(-c4cccc(Cl)c4)o3)SC2=S)cc1. The number of anilines is 1. The van der Waals surface area contributed by atoms with Crippen LogP contribution in [0.3, 0.4) is 0 Å². The van der Waals surface area contributed by atoms with Crippen molar-refractivity contribution in [2.45, 2.75) is 6.92 Å². The second kappa shape index (κ2) is 8.45. The Morgan fingerprint density at radius 3 is 2.69 bits per heavy atom. The molecule has 0 aliphatic carbocycles. The second-order valence-electron chi connectivity index (χ2n) is 6.16. The smallest absolute Gasteiger partial charge is 0.270 e. The van der Waals surface area contributed by atoms with Gasteiger partial charge in [-0.1, -0.05) is 47.7 Å². The molecule has 0 atom stereocenters. The van der Waals surface area contributed by atoms with Gasteiger partial charge in [0.15, 0.2) is 4.32 Å². The van der Waals surface area contributed by atoms with E-state index in [4.69, 9.17) is 33.0 Å². The molecule has 0 spiro atoms. The zero-order chi connectivity index (χ0) is 20.4. The molecule has 0 saturated carbocycles. The fourth-order valence-electron chi connectivity index (χ4n) is 2.90. The Hall–Kier alpha value is -2.54. The molecule has 1 amide bonds. The van der Waals surface area contributed by atoms with E-state index < -0.39 is 0 Å². The molecule has 0 radical (unpaired) electrons. The molecule has 4 rings (SSSR count). The molecule has 1 fully saturated rings. The van der Waals surface area contributed by atoms with E-state index in [2.05, 4.69) is 0 Å². The Morgan fingerprint density at radius 2 is 1.97 bits per heavy atom. The molecular formula is C22H16ClNO3S2. The van der Waals surface area contributed by atoms with Crippen LogP contribution in [0.1, 0.15) is 12.7 Å². The van der Waals surface area contributed by atoms with E-state index >= 15 is 0 Å². The highest BCUT2D eigenvalue weighted by Gasteiger charge is 2.33. The van der Waals surface area contributed by atoms with E-state index in [0.717, 1.165) is 11.3 Å². The van der Waals surface area contributed by atoms with Gasteiger partial charge in [0.05, 0.1) is 17.2 Å². The predicted octanol–water partition coefficient (Wildman–Crippen LogP) is 6.40. The van der Waals surface area contributed by atoms with E-state index in [1.54, 1.807) is 12.1 Å². The van der Waals surface area contributed by atoms with E-state index in [9.17, 15) is 4.79 Å². The van der Waals surface area contributed by atoms with Gasteiger partial charge in [-0.2, -0.15) is 0 Å². The van der Waals surface area contributed by atoms with Crippen LogP contribution in [0.5, 0.6) is 5.75 Å². The quantitative estimate of drug-likeness (QED) is 0.338. The normalized spacial score (nSPS) is 15.4. The first-order valence-electron chi connectivity index (χ1n) is 8.92. The molecule has 2 heterocycles. The van der Waals surface area contributed by atoms with Gasteiger partial charge in [0, 0.05) is 16.7 Å². The molecule has 1 saturated heterocycles. The lowest BCUT2D eigenvalue weighted by Crippen LogP contribution is -2.27. The first-order chi connectivity index (χ1) is 14.0. The van der Waals surface area contributed by atoms with Crippen LogP contribution in [0, 0.1) is 0 Å². The van der Waals surface area contributed by atoms with E-state index in [0.29, 0.717) is 38.1 Å². The molecule has 0 bridgehead atoms. The van der Waals surface area contributed by atoms with Crippen molar-refractivity contribution >= 4 is 57.6 Å². The van der Waals surface area contributed by atoms with Crippen LogP contribution in [-0.2, 0) is 4.79 Å². The third-order valence-corrected chi connectivity index (χ3v) is 5.75. The lowest BCUT2D eigenvalue weighted by atomic mass is 10.2. The van der Waals surface area contributed by atoms with Gasteiger partial charge in [-0.15, -0.1) is 0 Å². The van der Waals surface area contributed by atoms with E-state index in [-0.39, 0.29) is 5.91 Å². The number of hydrogen-bond donors (Lipinski definition) is 0. The molecule has 146 valence electrons. The van der Waals surface area contributed by atoms with E-state index in [1.807, 2.05) is 61.5 Å². The number of carbonyl (C=O) groups excluding carboxylic acids is 1. The van der Waals surface area contributed by atoms with Gasteiger partial charge in [0.25, 0.3) is 5.91 Å². The number of furan rings is 1. The molecule has 1 aliphatic rings. The van der Waals surface area contributed by atoms with Crippen LogP contribution in [0.15, 0.2) is 70.0 Å². The molecule has 1 aliphatic heterocycles. The highest BCUT2D eigenvalue weighted by molar-refractivity contribution is 8.27. The minimum absolute atomic E-state index is 0.176. The van der Waals surface area contributed by atoms with Crippen molar-refractivity contribution in [2.75, 3.05) is 11.5 Å². The topological polar surface area (TPSA) is 42.7 Å². The number of nitrogens with zero attached hydrogens (tertiary/aromatic N) is 1. The lowest BCUT2D eigenvalue weighted by Gasteiger charge is -2.15. The summed E-state index contributed by atoms with van der Waals surface area (Å²) in [6, 6.07) is 18.4. The van der Waals surface area contributed by atoms with Crippen molar-refractivity contribution in [3.05, 3.63) is 76.4 Å². The Balaban J connectivity index is 1.56. The van der Waals surface area contributed by atoms with E-state index in [1.165, 1.54) is 16.7 Å². The fourth-order valence-corrected chi connectivity index (χ4v) is 4.37. The Labute approximate surface area is 183 Å². The van der Waals surface area contributed by atoms with Crippen LogP contribution >= 0.6 is 35.6 Å². The molecule has 1 aromatic heterocycles. The van der Waals surface area contributed by atoms with Gasteiger partial charge in [-0.05, 0) is 55.5 Å². The summed E-state index contributed by atoms with van der Waals surface area (Å²) in [5, 5.41) is 0.636. The van der Waals surface area contributed by atoms with Gasteiger partial charge >= 0.3 is 0 Å². The standard InChI is InChI=1S/C22H16ClNO3S2/c1-2-26-17-8-6-16(7-9-17)24-21(25)20(29-22(24)28)13-18-10-11-19(27-18)14-4-3-5-15(23)12-14/h3-13H,2H2,1H3/b20-13+. The minimum atomic E-state index is -0.176. The molecule has 2 aromatic carbocycles. The van der Waals surface area contributed by atoms with Crippen LogP contribution in [0.4, 0.5) is 5.69 Å². The molecule has 29 heavy (non-hydrogen) atoms. The fraction of sp³-hybridized carbons (Fsp3) is 0.0909. The number of carbonyl (C=O) groups is 1. The Kier molecular flexibility index (Phi) is 5.76. The number of thioether (sulfide) groups is 1. The summed E-state index contributed by atoms with van der Waals surface area (Å²) in [5.74, 6) is 1.83. The van der Waals surface area contributed by atoms with Crippen molar-refractivity contribution in [1.29, 1.82) is 0 Å². The zero-order valence-electron chi connectivity index (χ0n) is 15.4. The average Bonchev–Trinajstić information content (AvgIpc) is 3.28.